The molecule has 2 amide bonds. The lowest BCUT2D eigenvalue weighted by molar-refractivity contribution is -0.126. The van der Waals surface area contributed by atoms with Crippen molar-refractivity contribution in [3.63, 3.8) is 0 Å². The fourth-order valence-electron chi connectivity index (χ4n) is 4.02. The molecule has 0 aliphatic rings. The Hall–Kier alpha value is -3.90. The first-order chi connectivity index (χ1) is 17.1. The predicted molar refractivity (Wildman–Crippen MR) is 141 cm³/mol. The van der Waals surface area contributed by atoms with Crippen molar-refractivity contribution in [1.82, 2.24) is 5.32 Å². The first-order valence-corrected chi connectivity index (χ1v) is 12.3. The number of hydrogen-bond acceptors (Lipinski definition) is 4. The Morgan fingerprint density at radius 2 is 1.71 bits per heavy atom. The number of benzene rings is 3. The molecule has 4 rings (SSSR count). The van der Waals surface area contributed by atoms with Gasteiger partial charge in [0.25, 0.3) is 0 Å². The van der Waals surface area contributed by atoms with Crippen molar-refractivity contribution < 1.29 is 14.3 Å². The highest BCUT2D eigenvalue weighted by atomic mass is 32.1. The summed E-state index contributed by atoms with van der Waals surface area (Å²) in [6.45, 7) is 2.33. The van der Waals surface area contributed by atoms with Crippen molar-refractivity contribution in [3.05, 3.63) is 118 Å². The minimum atomic E-state index is -0.848. The Morgan fingerprint density at radius 3 is 2.43 bits per heavy atom. The number of rotatable bonds is 9. The largest absolute Gasteiger partial charge is 0.497 e. The quantitative estimate of drug-likeness (QED) is 0.332. The molecule has 1 N–H and O–H groups in total. The number of nitrogens with one attached hydrogen (secondary N) is 1. The average molecular weight is 485 g/mol. The van der Waals surface area contributed by atoms with E-state index in [9.17, 15) is 9.59 Å². The summed E-state index contributed by atoms with van der Waals surface area (Å²) < 4.78 is 5.43. The zero-order chi connectivity index (χ0) is 24.6. The zero-order valence-corrected chi connectivity index (χ0v) is 20.6. The van der Waals surface area contributed by atoms with Crippen LogP contribution in [-0.4, -0.2) is 18.9 Å². The van der Waals surface area contributed by atoms with Crippen molar-refractivity contribution in [2.45, 2.75) is 25.9 Å². The number of aryl methyl sites for hydroxylation is 1. The summed E-state index contributed by atoms with van der Waals surface area (Å²) in [5, 5.41) is 5.00. The summed E-state index contributed by atoms with van der Waals surface area (Å²) in [6.07, 6.45) is 0.198. The first kappa shape index (κ1) is 24.2. The van der Waals surface area contributed by atoms with E-state index in [0.717, 1.165) is 21.6 Å². The molecule has 5 nitrogen and oxygen atoms in total. The van der Waals surface area contributed by atoms with E-state index < -0.39 is 6.04 Å². The van der Waals surface area contributed by atoms with E-state index in [2.05, 4.69) is 5.32 Å². The Kier molecular flexibility index (Phi) is 7.95. The molecule has 6 heteroatoms. The van der Waals surface area contributed by atoms with Crippen molar-refractivity contribution in [1.29, 1.82) is 0 Å². The van der Waals surface area contributed by atoms with Gasteiger partial charge in [-0.15, -0.1) is 11.3 Å². The van der Waals surface area contributed by atoms with Crippen LogP contribution in [0.5, 0.6) is 5.75 Å². The Bertz CT molecular complexity index is 1270. The highest BCUT2D eigenvalue weighted by molar-refractivity contribution is 7.10. The maximum absolute atomic E-state index is 13.8. The topological polar surface area (TPSA) is 58.6 Å². The molecule has 35 heavy (non-hydrogen) atoms. The summed E-state index contributed by atoms with van der Waals surface area (Å²) in [4.78, 5) is 30.2. The average Bonchev–Trinajstić information content (AvgIpc) is 3.40. The van der Waals surface area contributed by atoms with Gasteiger partial charge in [-0.1, -0.05) is 66.7 Å². The van der Waals surface area contributed by atoms with Gasteiger partial charge in [0, 0.05) is 23.2 Å². The zero-order valence-electron chi connectivity index (χ0n) is 19.8. The van der Waals surface area contributed by atoms with Gasteiger partial charge in [-0.25, -0.2) is 0 Å². The van der Waals surface area contributed by atoms with Crippen LogP contribution in [0.3, 0.4) is 0 Å². The monoisotopic (exact) mass is 484 g/mol. The Balaban J connectivity index is 1.77. The first-order valence-electron chi connectivity index (χ1n) is 11.4. The molecule has 1 aromatic heterocycles. The molecule has 0 fully saturated rings. The molecule has 0 radical (unpaired) electrons. The van der Waals surface area contributed by atoms with Crippen molar-refractivity contribution >= 4 is 28.8 Å². The van der Waals surface area contributed by atoms with Crippen LogP contribution in [0, 0.1) is 6.92 Å². The molecule has 0 bridgehead atoms. The van der Waals surface area contributed by atoms with E-state index in [1.54, 1.807) is 18.1 Å². The molecule has 1 heterocycles. The minimum Gasteiger partial charge on any atom is -0.497 e. The van der Waals surface area contributed by atoms with Crippen molar-refractivity contribution in [2.75, 3.05) is 12.0 Å². The van der Waals surface area contributed by atoms with Crippen LogP contribution >= 0.6 is 11.3 Å². The van der Waals surface area contributed by atoms with E-state index in [4.69, 9.17) is 4.74 Å². The van der Waals surface area contributed by atoms with Gasteiger partial charge >= 0.3 is 0 Å². The van der Waals surface area contributed by atoms with Crippen molar-refractivity contribution in [2.24, 2.45) is 0 Å². The summed E-state index contributed by atoms with van der Waals surface area (Å²) in [5.41, 5.74) is 3.31. The second-order valence-corrected chi connectivity index (χ2v) is 9.22. The lowest BCUT2D eigenvalue weighted by Crippen LogP contribution is -2.44. The van der Waals surface area contributed by atoms with Gasteiger partial charge in [0.05, 0.1) is 13.5 Å². The third-order valence-corrected chi connectivity index (χ3v) is 6.68. The number of ether oxygens (including phenoxy) is 1. The van der Waals surface area contributed by atoms with E-state index in [0.29, 0.717) is 18.0 Å². The number of methoxy groups -OCH3 is 1. The fraction of sp³-hybridized carbons (Fsp3) is 0.172. The van der Waals surface area contributed by atoms with Gasteiger partial charge in [0.15, 0.2) is 0 Å². The molecule has 0 aliphatic carbocycles. The molecule has 0 saturated carbocycles. The lowest BCUT2D eigenvalue weighted by atomic mass is 9.97. The van der Waals surface area contributed by atoms with Crippen LogP contribution in [0.25, 0.3) is 0 Å². The third-order valence-electron chi connectivity index (χ3n) is 5.80. The molecule has 178 valence electrons. The number of thiophene rings is 1. The predicted octanol–water partition coefficient (Wildman–Crippen LogP) is 5.70. The lowest BCUT2D eigenvalue weighted by Gasteiger charge is -2.32. The van der Waals surface area contributed by atoms with Crippen molar-refractivity contribution in [3.8, 4) is 5.75 Å². The van der Waals surface area contributed by atoms with Gasteiger partial charge in [0.2, 0.25) is 11.8 Å². The summed E-state index contributed by atoms with van der Waals surface area (Å²) in [5.74, 6) is 0.207. The number of carbonyl (C=O) groups is 2. The number of amides is 2. The molecule has 0 spiro atoms. The maximum atomic E-state index is 13.8. The van der Waals surface area contributed by atoms with E-state index in [1.807, 2.05) is 97.2 Å². The van der Waals surface area contributed by atoms with Crippen LogP contribution < -0.4 is 15.0 Å². The van der Waals surface area contributed by atoms with Gasteiger partial charge in [0.1, 0.15) is 11.8 Å². The highest BCUT2D eigenvalue weighted by Crippen LogP contribution is 2.33. The molecule has 3 aromatic carbocycles. The van der Waals surface area contributed by atoms with Crippen LogP contribution in [0.1, 0.15) is 27.6 Å². The van der Waals surface area contributed by atoms with Crippen LogP contribution in [0.4, 0.5) is 5.69 Å². The summed E-state index contributed by atoms with van der Waals surface area (Å²) in [7, 11) is 1.59. The summed E-state index contributed by atoms with van der Waals surface area (Å²) in [6, 6.07) is 27.7. The molecular formula is C29H28N2O3S. The number of hydrogen-bond donors (Lipinski definition) is 1. The number of nitrogens with zero attached hydrogens (tertiary/aromatic N) is 1. The SMILES string of the molecule is COc1cccc(N(C(=O)Cc2cccs2)[C@H](C(=O)NCc2ccccc2)c2ccccc2C)c1. The van der Waals surface area contributed by atoms with Gasteiger partial charge in [-0.2, -0.15) is 0 Å². The number of anilines is 1. The molecule has 1 atom stereocenters. The minimum absolute atomic E-state index is 0.163. The standard InChI is InChI=1S/C29H28N2O3S/c1-21-10-6-7-16-26(21)28(29(33)30-20-22-11-4-3-5-12-22)31(23-13-8-14-24(18-23)34-2)27(32)19-25-15-9-17-35-25/h3-18,28H,19-20H2,1-2H3,(H,30,33)/t28-/m0/s1. The van der Waals surface area contributed by atoms with Gasteiger partial charge in [-0.05, 0) is 47.2 Å². The smallest absolute Gasteiger partial charge is 0.248 e. The molecule has 0 saturated heterocycles. The van der Waals surface area contributed by atoms with E-state index >= 15 is 0 Å². The normalized spacial score (nSPS) is 11.5. The van der Waals surface area contributed by atoms with E-state index in [-0.39, 0.29) is 18.2 Å². The maximum Gasteiger partial charge on any atom is 0.248 e. The fourth-order valence-corrected chi connectivity index (χ4v) is 4.71. The van der Waals surface area contributed by atoms with Crippen LogP contribution in [0.15, 0.2) is 96.4 Å². The Labute approximate surface area is 210 Å². The molecule has 0 unspecified atom stereocenters. The van der Waals surface area contributed by atoms with Gasteiger partial charge < -0.3 is 10.1 Å². The highest BCUT2D eigenvalue weighted by Gasteiger charge is 2.34. The second-order valence-electron chi connectivity index (χ2n) is 8.18. The van der Waals surface area contributed by atoms with Gasteiger partial charge in [-0.3, -0.25) is 14.5 Å². The molecule has 0 aliphatic heterocycles. The molecule has 4 aromatic rings. The van der Waals surface area contributed by atoms with E-state index in [1.165, 1.54) is 11.3 Å². The molecular weight excluding hydrogens is 456 g/mol. The Morgan fingerprint density at radius 1 is 0.943 bits per heavy atom. The summed E-state index contributed by atoms with van der Waals surface area (Å²) >= 11 is 1.53. The second kappa shape index (κ2) is 11.5. The van der Waals surface area contributed by atoms with Crippen LogP contribution in [0.2, 0.25) is 0 Å². The number of carbonyl (C=O) groups excluding carboxylic acids is 2. The van der Waals surface area contributed by atoms with Crippen LogP contribution in [-0.2, 0) is 22.6 Å². The third kappa shape index (κ3) is 5.97.